The quantitative estimate of drug-likeness (QED) is 0.225. The molecule has 34 heavy (non-hydrogen) atoms. The Kier molecular flexibility index (Phi) is 6.67. The minimum atomic E-state index is -0.446. The van der Waals surface area contributed by atoms with Crippen LogP contribution >= 0.6 is 0 Å². The minimum absolute atomic E-state index is 0.0206. The van der Waals surface area contributed by atoms with E-state index in [1.165, 1.54) is 0 Å². The van der Waals surface area contributed by atoms with E-state index in [0.717, 1.165) is 16.7 Å². The number of imidazole rings is 1. The molecule has 0 bridgehead atoms. The number of fused-ring (bicyclic) bond motifs is 1. The molecule has 0 amide bonds. The molecular weight excluding hydrogens is 433 g/mol. The first-order valence-electron chi connectivity index (χ1n) is 11.1. The summed E-state index contributed by atoms with van der Waals surface area (Å²) in [7, 11) is 0. The molecule has 176 valence electrons. The highest BCUT2D eigenvalue weighted by Gasteiger charge is 2.20. The van der Waals surface area contributed by atoms with Crippen molar-refractivity contribution in [3.8, 4) is 11.5 Å². The fraction of sp³-hybridized carbons (Fsp3) is 0.231. The third-order valence-electron chi connectivity index (χ3n) is 5.21. The van der Waals surface area contributed by atoms with Crippen LogP contribution in [0, 0.1) is 11.2 Å². The number of nitrogens with zero attached hydrogens (tertiary/aromatic N) is 2. The lowest BCUT2D eigenvalue weighted by Crippen LogP contribution is -2.20. The predicted molar refractivity (Wildman–Crippen MR) is 133 cm³/mol. The van der Waals surface area contributed by atoms with Gasteiger partial charge < -0.3 is 25.1 Å². The molecule has 0 fully saturated rings. The zero-order chi connectivity index (χ0) is 24.2. The molecular formula is C26H28FN5O2. The Balaban J connectivity index is 1.80. The smallest absolute Gasteiger partial charge is 0.208 e. The number of nitrogens with one attached hydrogen (secondary N) is 2. The van der Waals surface area contributed by atoms with Gasteiger partial charge in [-0.3, -0.25) is 5.41 Å². The summed E-state index contributed by atoms with van der Waals surface area (Å²) < 4.78 is 26.9. The van der Waals surface area contributed by atoms with Crippen LogP contribution < -0.4 is 20.1 Å². The Morgan fingerprint density at radius 1 is 1.15 bits per heavy atom. The maximum absolute atomic E-state index is 15.5. The molecule has 0 saturated carbocycles. The highest BCUT2D eigenvalue weighted by molar-refractivity contribution is 5.95. The summed E-state index contributed by atoms with van der Waals surface area (Å²) in [5, 5.41) is 7.67. The van der Waals surface area contributed by atoms with E-state index in [0.29, 0.717) is 29.4 Å². The molecule has 4 N–H and O–H groups in total. The molecule has 0 atom stereocenters. The van der Waals surface area contributed by atoms with Crippen molar-refractivity contribution in [3.05, 3.63) is 77.6 Å². The van der Waals surface area contributed by atoms with Crippen LogP contribution in [0.1, 0.15) is 31.9 Å². The van der Waals surface area contributed by atoms with Crippen molar-refractivity contribution in [2.45, 2.75) is 33.4 Å². The molecule has 0 aliphatic rings. The summed E-state index contributed by atoms with van der Waals surface area (Å²) in [6.45, 7) is 6.20. The average Bonchev–Trinajstić information content (AvgIpc) is 3.24. The average molecular weight is 462 g/mol. The second-order valence-electron chi connectivity index (χ2n) is 8.12. The van der Waals surface area contributed by atoms with Crippen LogP contribution in [-0.4, -0.2) is 28.5 Å². The molecule has 0 unspecified atom stereocenters. The molecule has 0 saturated heterocycles. The molecule has 0 aliphatic heterocycles. The number of benzene rings is 3. The van der Waals surface area contributed by atoms with Gasteiger partial charge in [-0.05, 0) is 63.2 Å². The van der Waals surface area contributed by atoms with Gasteiger partial charge in [0.05, 0.1) is 30.3 Å². The Hall–Kier alpha value is -4.07. The van der Waals surface area contributed by atoms with Gasteiger partial charge in [0.15, 0.2) is 11.6 Å². The monoisotopic (exact) mass is 461 g/mol. The second-order valence-corrected chi connectivity index (χ2v) is 8.12. The van der Waals surface area contributed by atoms with E-state index < -0.39 is 5.82 Å². The number of nitrogen functional groups attached to an aromatic ring is 1. The Bertz CT molecular complexity index is 1270. The summed E-state index contributed by atoms with van der Waals surface area (Å²) >= 11 is 0. The number of anilines is 2. The molecule has 0 radical (unpaired) electrons. The van der Waals surface area contributed by atoms with Gasteiger partial charge in [-0.25, -0.2) is 9.37 Å². The molecule has 1 heterocycles. The SMILES string of the molecule is CCOc1cc(CN(c2ccc(C(=N)N)cc2)c2nc3ccccc3[nH]2)c(F)c(OC(C)C)c1. The first-order chi connectivity index (χ1) is 16.4. The maximum Gasteiger partial charge on any atom is 0.208 e. The van der Waals surface area contributed by atoms with Crippen molar-refractivity contribution in [2.24, 2.45) is 5.73 Å². The third-order valence-corrected chi connectivity index (χ3v) is 5.21. The van der Waals surface area contributed by atoms with Gasteiger partial charge in [0.25, 0.3) is 0 Å². The number of halogens is 1. The van der Waals surface area contributed by atoms with E-state index in [2.05, 4.69) is 4.98 Å². The molecule has 4 rings (SSSR count). The number of hydrogen-bond acceptors (Lipinski definition) is 5. The van der Waals surface area contributed by atoms with Crippen LogP contribution in [0.4, 0.5) is 16.0 Å². The number of H-pyrrole nitrogens is 1. The van der Waals surface area contributed by atoms with Crippen LogP contribution in [0.25, 0.3) is 11.0 Å². The lowest BCUT2D eigenvalue weighted by molar-refractivity contribution is 0.228. The lowest BCUT2D eigenvalue weighted by Gasteiger charge is -2.24. The van der Waals surface area contributed by atoms with Crippen LogP contribution in [0.3, 0.4) is 0 Å². The first-order valence-corrected chi connectivity index (χ1v) is 11.1. The second kappa shape index (κ2) is 9.82. The zero-order valence-electron chi connectivity index (χ0n) is 19.4. The lowest BCUT2D eigenvalue weighted by atomic mass is 10.1. The van der Waals surface area contributed by atoms with E-state index in [-0.39, 0.29) is 24.2 Å². The molecule has 1 aromatic heterocycles. The summed E-state index contributed by atoms with van der Waals surface area (Å²) in [5.74, 6) is 0.772. The fourth-order valence-corrected chi connectivity index (χ4v) is 3.68. The highest BCUT2D eigenvalue weighted by Crippen LogP contribution is 2.33. The Morgan fingerprint density at radius 3 is 2.53 bits per heavy atom. The van der Waals surface area contributed by atoms with Crippen molar-refractivity contribution in [1.82, 2.24) is 9.97 Å². The largest absolute Gasteiger partial charge is 0.494 e. The van der Waals surface area contributed by atoms with Crippen molar-refractivity contribution < 1.29 is 13.9 Å². The van der Waals surface area contributed by atoms with Gasteiger partial charge in [-0.1, -0.05) is 12.1 Å². The molecule has 7 nitrogen and oxygen atoms in total. The van der Waals surface area contributed by atoms with Gasteiger partial charge >= 0.3 is 0 Å². The van der Waals surface area contributed by atoms with Gasteiger partial charge in [0.2, 0.25) is 5.95 Å². The number of nitrogens with two attached hydrogens (primary N) is 1. The van der Waals surface area contributed by atoms with Crippen molar-refractivity contribution >= 4 is 28.5 Å². The van der Waals surface area contributed by atoms with E-state index in [1.807, 2.05) is 62.1 Å². The third kappa shape index (κ3) is 4.96. The number of ether oxygens (including phenoxy) is 2. The van der Waals surface area contributed by atoms with Gasteiger partial charge in [-0.15, -0.1) is 0 Å². The number of aromatic nitrogens is 2. The van der Waals surface area contributed by atoms with Gasteiger partial charge in [0, 0.05) is 22.9 Å². The highest BCUT2D eigenvalue weighted by atomic mass is 19.1. The standard InChI is InChI=1S/C26H28FN5O2/c1-4-33-20-13-18(24(27)23(14-20)34-16(2)3)15-32(19-11-9-17(10-12-19)25(28)29)26-30-21-7-5-6-8-22(21)31-26/h5-14,16H,4,15H2,1-3H3,(H3,28,29)(H,30,31). The van der Waals surface area contributed by atoms with Gasteiger partial charge in [0.1, 0.15) is 11.6 Å². The van der Waals surface area contributed by atoms with E-state index in [9.17, 15) is 0 Å². The number of amidine groups is 1. The number of rotatable bonds is 9. The summed E-state index contributed by atoms with van der Waals surface area (Å²) in [6.07, 6.45) is -0.190. The Morgan fingerprint density at radius 2 is 1.88 bits per heavy atom. The van der Waals surface area contributed by atoms with Gasteiger partial charge in [-0.2, -0.15) is 0 Å². The van der Waals surface area contributed by atoms with E-state index in [4.69, 9.17) is 25.6 Å². The van der Waals surface area contributed by atoms with Crippen LogP contribution in [-0.2, 0) is 6.54 Å². The molecule has 0 aliphatic carbocycles. The summed E-state index contributed by atoms with van der Waals surface area (Å²) in [4.78, 5) is 9.91. The van der Waals surface area contributed by atoms with Crippen molar-refractivity contribution in [2.75, 3.05) is 11.5 Å². The minimum Gasteiger partial charge on any atom is -0.494 e. The molecule has 3 aromatic carbocycles. The first kappa shape index (κ1) is 23.1. The van der Waals surface area contributed by atoms with Crippen molar-refractivity contribution in [1.29, 1.82) is 5.41 Å². The normalized spacial score (nSPS) is 11.1. The van der Waals surface area contributed by atoms with Crippen LogP contribution in [0.2, 0.25) is 0 Å². The Labute approximate surface area is 197 Å². The van der Waals surface area contributed by atoms with E-state index in [1.54, 1.807) is 24.3 Å². The van der Waals surface area contributed by atoms with Crippen LogP contribution in [0.15, 0.2) is 60.7 Å². The zero-order valence-corrected chi connectivity index (χ0v) is 19.4. The predicted octanol–water partition coefficient (Wildman–Crippen LogP) is 5.51. The molecule has 8 heteroatoms. The fourth-order valence-electron chi connectivity index (χ4n) is 3.68. The maximum atomic E-state index is 15.5. The molecule has 0 spiro atoms. The van der Waals surface area contributed by atoms with E-state index >= 15 is 4.39 Å². The molecule has 4 aromatic rings. The number of aromatic amines is 1. The topological polar surface area (TPSA) is 100 Å². The number of para-hydroxylation sites is 2. The summed E-state index contributed by atoms with van der Waals surface area (Å²) in [6, 6.07) is 18.1. The number of hydrogen-bond donors (Lipinski definition) is 3. The summed E-state index contributed by atoms with van der Waals surface area (Å²) in [5.41, 5.74) is 9.06. The van der Waals surface area contributed by atoms with Crippen LogP contribution in [0.5, 0.6) is 11.5 Å². The van der Waals surface area contributed by atoms with Crippen molar-refractivity contribution in [3.63, 3.8) is 0 Å².